The minimum absolute atomic E-state index is 0.0181. The Kier molecular flexibility index (Phi) is 10.3. The van der Waals surface area contributed by atoms with Crippen LogP contribution in [0, 0.1) is 6.92 Å². The smallest absolute Gasteiger partial charge is 0.229 e. The van der Waals surface area contributed by atoms with Crippen molar-refractivity contribution in [3.05, 3.63) is 34.5 Å². The maximum Gasteiger partial charge on any atom is 0.229 e. The first kappa shape index (κ1) is 32.3. The third kappa shape index (κ3) is 7.65. The number of halogens is 1. The molecule has 2 aromatic rings. The second-order valence-electron chi connectivity index (χ2n) is 12.3. The molecule has 1 unspecified atom stereocenters. The summed E-state index contributed by atoms with van der Waals surface area (Å²) in [5.74, 6) is 1.88. The molecule has 2 aliphatic rings. The SMILES string of the molecule is Cc1cc(Nc2ncc(Cl)c(NC3CN(C)N=C3S(=O)(=O)C(C)C)n2)c(OC(C)C)cc1C1CCC(NC(C)C)CC1. The van der Waals surface area contributed by atoms with Crippen molar-refractivity contribution in [1.29, 1.82) is 0 Å². The molecule has 1 atom stereocenters. The zero-order chi connectivity index (χ0) is 30.8. The predicted octanol–water partition coefficient (Wildman–Crippen LogP) is 5.86. The fourth-order valence-corrected chi connectivity index (χ4v) is 7.09. The average Bonchev–Trinajstić information content (AvgIpc) is 3.28. The van der Waals surface area contributed by atoms with Crippen molar-refractivity contribution in [3.63, 3.8) is 0 Å². The minimum atomic E-state index is -3.57. The van der Waals surface area contributed by atoms with Crippen molar-refractivity contribution < 1.29 is 13.2 Å². The highest BCUT2D eigenvalue weighted by Crippen LogP contribution is 2.40. The molecule has 0 amide bonds. The fraction of sp³-hybridized carbons (Fsp3) is 0.633. The maximum absolute atomic E-state index is 12.9. The molecule has 1 aliphatic heterocycles. The van der Waals surface area contributed by atoms with E-state index in [1.54, 1.807) is 25.9 Å². The standard InChI is InChI=1S/C30H46ClN7O3S/c1-17(2)33-22-11-9-21(10-12-22)23-14-27(41-18(3)4)25(13-20(23)7)35-30-32-15-24(31)28(36-30)34-26-16-38(8)37-29(26)42(39,40)19(5)6/h13-15,17-19,21-22,26,33H,9-12,16H2,1-8H3,(H2,32,34,35,36). The van der Waals surface area contributed by atoms with Crippen LogP contribution in [0.5, 0.6) is 5.75 Å². The summed E-state index contributed by atoms with van der Waals surface area (Å²) in [5, 5.41) is 15.8. The number of sulfone groups is 1. The molecule has 1 saturated carbocycles. The molecule has 1 fully saturated rings. The lowest BCUT2D eigenvalue weighted by molar-refractivity contribution is 0.243. The van der Waals surface area contributed by atoms with E-state index in [1.807, 2.05) is 13.8 Å². The molecule has 12 heteroatoms. The van der Waals surface area contributed by atoms with Crippen LogP contribution in [0.2, 0.25) is 5.02 Å². The Bertz CT molecular complexity index is 1390. The van der Waals surface area contributed by atoms with Crippen molar-refractivity contribution in [2.24, 2.45) is 5.10 Å². The van der Waals surface area contributed by atoms with Gasteiger partial charge in [0.2, 0.25) is 5.95 Å². The van der Waals surface area contributed by atoms with Gasteiger partial charge in [0.25, 0.3) is 0 Å². The third-order valence-electron chi connectivity index (χ3n) is 7.69. The lowest BCUT2D eigenvalue weighted by Gasteiger charge is -2.32. The molecular formula is C30H46ClN7O3S. The van der Waals surface area contributed by atoms with E-state index in [0.29, 0.717) is 36.3 Å². The Hall–Kier alpha value is -2.63. The maximum atomic E-state index is 12.9. The summed E-state index contributed by atoms with van der Waals surface area (Å²) < 4.78 is 32.1. The molecule has 0 saturated heterocycles. The van der Waals surface area contributed by atoms with Gasteiger partial charge in [-0.3, -0.25) is 5.01 Å². The Labute approximate surface area is 256 Å². The summed E-state index contributed by atoms with van der Waals surface area (Å²) in [6.45, 7) is 14.2. The van der Waals surface area contributed by atoms with Gasteiger partial charge in [-0.05, 0) is 89.5 Å². The Morgan fingerprint density at radius 1 is 1.07 bits per heavy atom. The van der Waals surface area contributed by atoms with Crippen LogP contribution in [0.15, 0.2) is 23.4 Å². The third-order valence-corrected chi connectivity index (χ3v) is 10.2. The number of anilines is 3. The van der Waals surface area contributed by atoms with Crippen LogP contribution in [-0.4, -0.2) is 71.5 Å². The Morgan fingerprint density at radius 3 is 2.38 bits per heavy atom. The van der Waals surface area contributed by atoms with E-state index >= 15 is 0 Å². The molecule has 1 aromatic carbocycles. The van der Waals surface area contributed by atoms with Crippen LogP contribution in [0.4, 0.5) is 17.5 Å². The first-order valence-corrected chi connectivity index (χ1v) is 16.8. The molecule has 0 bridgehead atoms. The van der Waals surface area contributed by atoms with Gasteiger partial charge >= 0.3 is 0 Å². The van der Waals surface area contributed by atoms with Crippen LogP contribution in [0.3, 0.4) is 0 Å². The molecule has 4 rings (SSSR count). The van der Waals surface area contributed by atoms with Crippen LogP contribution in [0.25, 0.3) is 0 Å². The number of hydrogen-bond acceptors (Lipinski definition) is 10. The number of aromatic nitrogens is 2. The second kappa shape index (κ2) is 13.3. The molecule has 0 spiro atoms. The highest BCUT2D eigenvalue weighted by Gasteiger charge is 2.37. The monoisotopic (exact) mass is 619 g/mol. The van der Waals surface area contributed by atoms with Crippen LogP contribution in [0.1, 0.15) is 84.3 Å². The van der Waals surface area contributed by atoms with Gasteiger partial charge in [-0.1, -0.05) is 25.4 Å². The van der Waals surface area contributed by atoms with Gasteiger partial charge in [0.15, 0.2) is 20.7 Å². The van der Waals surface area contributed by atoms with Crippen molar-refractivity contribution in [3.8, 4) is 5.75 Å². The van der Waals surface area contributed by atoms with Crippen molar-refractivity contribution in [2.45, 2.75) is 110 Å². The predicted molar refractivity (Wildman–Crippen MR) is 172 cm³/mol. The largest absolute Gasteiger partial charge is 0.489 e. The number of likely N-dealkylation sites (N-methyl/N-ethyl adjacent to an activating group) is 1. The van der Waals surface area contributed by atoms with E-state index in [-0.39, 0.29) is 16.2 Å². The van der Waals surface area contributed by atoms with Crippen molar-refractivity contribution in [2.75, 3.05) is 24.2 Å². The van der Waals surface area contributed by atoms with Gasteiger partial charge < -0.3 is 20.7 Å². The van der Waals surface area contributed by atoms with E-state index in [9.17, 15) is 8.42 Å². The summed E-state index contributed by atoms with van der Waals surface area (Å²) in [4.78, 5) is 9.01. The molecule has 0 radical (unpaired) electrons. The second-order valence-corrected chi connectivity index (χ2v) is 15.2. The summed E-state index contributed by atoms with van der Waals surface area (Å²) in [7, 11) is -1.83. The van der Waals surface area contributed by atoms with Crippen molar-refractivity contribution in [1.82, 2.24) is 20.3 Å². The summed E-state index contributed by atoms with van der Waals surface area (Å²) in [6.07, 6.45) is 6.10. The fourth-order valence-electron chi connectivity index (χ4n) is 5.67. The Balaban J connectivity index is 1.57. The van der Waals surface area contributed by atoms with E-state index in [2.05, 4.69) is 63.9 Å². The van der Waals surface area contributed by atoms with Crippen molar-refractivity contribution >= 4 is 43.9 Å². The number of aryl methyl sites for hydroxylation is 1. The lowest BCUT2D eigenvalue weighted by atomic mass is 9.80. The zero-order valence-corrected chi connectivity index (χ0v) is 27.6. The van der Waals surface area contributed by atoms with Gasteiger partial charge in [-0.15, -0.1) is 0 Å². The molecular weight excluding hydrogens is 574 g/mol. The normalized spacial score (nSPS) is 21.3. The highest BCUT2D eigenvalue weighted by molar-refractivity contribution is 8.07. The highest BCUT2D eigenvalue weighted by atomic mass is 35.5. The molecule has 42 heavy (non-hydrogen) atoms. The topological polar surface area (TPSA) is 121 Å². The number of hydrazone groups is 1. The van der Waals surface area contributed by atoms with E-state index < -0.39 is 21.1 Å². The van der Waals surface area contributed by atoms with Gasteiger partial charge in [-0.25, -0.2) is 13.4 Å². The number of ether oxygens (including phenoxy) is 1. The molecule has 1 aliphatic carbocycles. The van der Waals surface area contributed by atoms with Gasteiger partial charge in [0.05, 0.1) is 29.8 Å². The van der Waals surface area contributed by atoms with E-state index in [1.165, 1.54) is 30.2 Å². The number of hydrogen-bond donors (Lipinski definition) is 3. The van der Waals surface area contributed by atoms with Crippen LogP contribution < -0.4 is 20.7 Å². The van der Waals surface area contributed by atoms with Crippen LogP contribution in [-0.2, 0) is 9.84 Å². The summed E-state index contributed by atoms with van der Waals surface area (Å²) in [5.41, 5.74) is 3.27. The van der Waals surface area contributed by atoms with Gasteiger partial charge in [0.1, 0.15) is 16.8 Å². The van der Waals surface area contributed by atoms with Crippen LogP contribution >= 0.6 is 11.6 Å². The molecule has 10 nitrogen and oxygen atoms in total. The first-order valence-electron chi connectivity index (χ1n) is 14.9. The first-order chi connectivity index (χ1) is 19.7. The van der Waals surface area contributed by atoms with Gasteiger partial charge in [-0.2, -0.15) is 10.1 Å². The summed E-state index contributed by atoms with van der Waals surface area (Å²) in [6, 6.07) is 4.76. The van der Waals surface area contributed by atoms with E-state index in [4.69, 9.17) is 16.3 Å². The van der Waals surface area contributed by atoms with Gasteiger partial charge in [0, 0.05) is 19.1 Å². The Morgan fingerprint density at radius 2 is 1.76 bits per heavy atom. The molecule has 3 N–H and O–H groups in total. The quantitative estimate of drug-likeness (QED) is 0.300. The summed E-state index contributed by atoms with van der Waals surface area (Å²) >= 11 is 6.46. The lowest BCUT2D eigenvalue weighted by Crippen LogP contribution is -2.38. The zero-order valence-electron chi connectivity index (χ0n) is 26.0. The number of nitrogens with zero attached hydrogens (tertiary/aromatic N) is 4. The molecule has 232 valence electrons. The number of nitrogens with one attached hydrogen (secondary N) is 3. The number of rotatable bonds is 10. The average molecular weight is 620 g/mol. The minimum Gasteiger partial charge on any atom is -0.489 e. The number of benzene rings is 1. The molecule has 2 heterocycles. The van der Waals surface area contributed by atoms with E-state index in [0.717, 1.165) is 24.3 Å². The molecule has 1 aromatic heterocycles.